The van der Waals surface area contributed by atoms with Crippen LogP contribution < -0.4 is 5.32 Å². The monoisotopic (exact) mass is 434 g/mol. The van der Waals surface area contributed by atoms with Crippen molar-refractivity contribution >= 4 is 28.3 Å². The summed E-state index contributed by atoms with van der Waals surface area (Å²) in [6.07, 6.45) is 1.86. The van der Waals surface area contributed by atoms with Crippen LogP contribution in [0.1, 0.15) is 24.0 Å². The van der Waals surface area contributed by atoms with Crippen LogP contribution in [0.3, 0.4) is 0 Å². The molecule has 1 saturated heterocycles. The van der Waals surface area contributed by atoms with Crippen molar-refractivity contribution in [3.8, 4) is 0 Å². The first kappa shape index (κ1) is 20.3. The highest BCUT2D eigenvalue weighted by Gasteiger charge is 2.24. The van der Waals surface area contributed by atoms with Crippen LogP contribution in [0, 0.1) is 12.7 Å². The zero-order valence-electron chi connectivity index (χ0n) is 17.7. The van der Waals surface area contributed by atoms with Gasteiger partial charge in [0.05, 0.1) is 18.2 Å². The average molecular weight is 434 g/mol. The van der Waals surface area contributed by atoms with E-state index >= 15 is 0 Å². The van der Waals surface area contributed by atoms with Gasteiger partial charge >= 0.3 is 6.03 Å². The van der Waals surface area contributed by atoms with E-state index in [9.17, 15) is 9.18 Å². The van der Waals surface area contributed by atoms with E-state index in [2.05, 4.69) is 20.8 Å². The average Bonchev–Trinajstić information content (AvgIpc) is 3.47. The van der Waals surface area contributed by atoms with Gasteiger partial charge in [-0.3, -0.25) is 0 Å². The molecule has 1 aliphatic heterocycles. The number of carbonyl (C=O) groups is 1. The summed E-state index contributed by atoms with van der Waals surface area (Å²) in [7, 11) is 0. The molecule has 2 aromatic carbocycles. The number of ether oxygens (including phenoxy) is 1. The Bertz CT molecular complexity index is 1270. The van der Waals surface area contributed by atoms with E-state index < -0.39 is 0 Å². The van der Waals surface area contributed by atoms with Crippen molar-refractivity contribution in [3.05, 3.63) is 65.5 Å². The third-order valence-electron chi connectivity index (χ3n) is 5.69. The molecule has 0 unspecified atom stereocenters. The number of tetrazole rings is 1. The number of benzene rings is 2. The summed E-state index contributed by atoms with van der Waals surface area (Å²) in [6, 6.07) is 13.5. The van der Waals surface area contributed by atoms with Gasteiger partial charge in [0.2, 0.25) is 0 Å². The molecule has 2 amide bonds. The van der Waals surface area contributed by atoms with Crippen LogP contribution in [0.25, 0.3) is 16.6 Å². The molecule has 0 bridgehead atoms. The minimum Gasteiger partial charge on any atom is -0.376 e. The van der Waals surface area contributed by atoms with Crippen LogP contribution >= 0.6 is 0 Å². The lowest BCUT2D eigenvalue weighted by molar-refractivity contribution is 0.0820. The summed E-state index contributed by atoms with van der Waals surface area (Å²) in [4.78, 5) is 14.9. The number of pyridine rings is 1. The number of nitrogens with zero attached hydrogens (tertiary/aromatic N) is 5. The number of aromatic nitrogens is 4. The molecule has 32 heavy (non-hydrogen) atoms. The summed E-state index contributed by atoms with van der Waals surface area (Å²) in [5.41, 5.74) is 3.99. The maximum Gasteiger partial charge on any atom is 0.322 e. The highest BCUT2D eigenvalue weighted by Crippen LogP contribution is 2.23. The molecule has 8 nitrogen and oxygen atoms in total. The lowest BCUT2D eigenvalue weighted by Gasteiger charge is -2.26. The number of urea groups is 1. The molecular formula is C23H23FN6O2. The van der Waals surface area contributed by atoms with Crippen molar-refractivity contribution in [2.24, 2.45) is 0 Å². The summed E-state index contributed by atoms with van der Waals surface area (Å²) < 4.78 is 20.7. The van der Waals surface area contributed by atoms with Gasteiger partial charge in [0, 0.05) is 29.8 Å². The molecule has 3 heterocycles. The predicted molar refractivity (Wildman–Crippen MR) is 118 cm³/mol. The smallest absolute Gasteiger partial charge is 0.322 e. The van der Waals surface area contributed by atoms with Crippen LogP contribution in [-0.4, -0.2) is 50.2 Å². The van der Waals surface area contributed by atoms with Crippen molar-refractivity contribution in [3.63, 3.8) is 0 Å². The van der Waals surface area contributed by atoms with Gasteiger partial charge in [0.1, 0.15) is 5.82 Å². The Morgan fingerprint density at radius 2 is 2.09 bits per heavy atom. The highest BCUT2D eigenvalue weighted by atomic mass is 19.1. The Hall–Kier alpha value is -3.59. The molecule has 1 aliphatic rings. The Kier molecular flexibility index (Phi) is 5.40. The molecule has 1 fully saturated rings. The molecule has 4 aromatic rings. The topological polar surface area (TPSA) is 84.6 Å². The molecule has 2 aromatic heterocycles. The summed E-state index contributed by atoms with van der Waals surface area (Å²) in [5, 5.41) is 16.1. The molecule has 0 aliphatic carbocycles. The number of anilines is 1. The van der Waals surface area contributed by atoms with Crippen molar-refractivity contribution in [1.82, 2.24) is 24.9 Å². The third kappa shape index (κ3) is 4.11. The predicted octanol–water partition coefficient (Wildman–Crippen LogP) is 3.94. The zero-order chi connectivity index (χ0) is 22.1. The van der Waals surface area contributed by atoms with Crippen LogP contribution in [0.5, 0.6) is 0 Å². The van der Waals surface area contributed by atoms with Gasteiger partial charge < -0.3 is 15.0 Å². The zero-order valence-corrected chi connectivity index (χ0v) is 17.7. The second-order valence-electron chi connectivity index (χ2n) is 8.10. The van der Waals surface area contributed by atoms with Gasteiger partial charge in [-0.25, -0.2) is 9.18 Å². The quantitative estimate of drug-likeness (QED) is 0.514. The molecule has 0 radical (unpaired) electrons. The molecule has 5 rings (SSSR count). The minimum absolute atomic E-state index is 0.0240. The molecule has 9 heteroatoms. The van der Waals surface area contributed by atoms with Gasteiger partial charge in [0.25, 0.3) is 0 Å². The summed E-state index contributed by atoms with van der Waals surface area (Å²) in [5.74, 6) is -0.354. The molecular weight excluding hydrogens is 411 g/mol. The number of carbonyl (C=O) groups excluding carboxylic acids is 1. The van der Waals surface area contributed by atoms with Crippen molar-refractivity contribution in [2.75, 3.05) is 18.5 Å². The molecule has 164 valence electrons. The lowest BCUT2D eigenvalue weighted by Crippen LogP contribution is -2.39. The number of halogens is 1. The molecule has 1 N–H and O–H groups in total. The standard InChI is InChI=1S/C23H23FN6O2/c1-15-4-5-16-12-17(22-26-27-28-30(22)21(16)11-15)13-29(14-20-3-2-10-32-20)23(31)25-19-8-6-18(24)7-9-19/h4-9,11-12,20H,2-3,10,13-14H2,1H3,(H,25,31)/t20-/m1/s1. The third-order valence-corrected chi connectivity index (χ3v) is 5.69. The highest BCUT2D eigenvalue weighted by molar-refractivity contribution is 5.90. The number of hydrogen-bond acceptors (Lipinski definition) is 5. The number of nitrogens with one attached hydrogen (secondary N) is 1. The normalized spacial score (nSPS) is 16.0. The Labute approximate surface area is 184 Å². The van der Waals surface area contributed by atoms with E-state index in [1.165, 1.54) is 24.3 Å². The maximum atomic E-state index is 13.3. The first-order valence-corrected chi connectivity index (χ1v) is 10.6. The number of aryl methyl sites for hydroxylation is 1. The van der Waals surface area contributed by atoms with Crippen molar-refractivity contribution < 1.29 is 13.9 Å². The molecule has 1 atom stereocenters. The largest absolute Gasteiger partial charge is 0.376 e. The van der Waals surface area contributed by atoms with Crippen LogP contribution in [0.4, 0.5) is 14.9 Å². The second kappa shape index (κ2) is 8.51. The lowest BCUT2D eigenvalue weighted by atomic mass is 10.1. The van der Waals surface area contributed by atoms with E-state index in [0.29, 0.717) is 31.0 Å². The van der Waals surface area contributed by atoms with Gasteiger partial charge in [-0.2, -0.15) is 4.52 Å². The van der Waals surface area contributed by atoms with Gasteiger partial charge in [-0.1, -0.05) is 12.1 Å². The van der Waals surface area contributed by atoms with E-state index in [0.717, 1.165) is 34.9 Å². The summed E-state index contributed by atoms with van der Waals surface area (Å²) in [6.45, 7) is 3.46. The number of fused-ring (bicyclic) bond motifs is 3. The van der Waals surface area contributed by atoms with Crippen LogP contribution in [-0.2, 0) is 11.3 Å². The SMILES string of the molecule is Cc1ccc2cc(CN(C[C@H]3CCCO3)C(=O)Nc3ccc(F)cc3)c3nnnn3c2c1. The number of amides is 2. The van der Waals surface area contributed by atoms with E-state index in [-0.39, 0.29) is 18.0 Å². The fourth-order valence-electron chi connectivity index (χ4n) is 4.07. The Morgan fingerprint density at radius 3 is 2.88 bits per heavy atom. The molecule has 0 spiro atoms. The second-order valence-corrected chi connectivity index (χ2v) is 8.10. The Morgan fingerprint density at radius 1 is 1.25 bits per heavy atom. The van der Waals surface area contributed by atoms with Gasteiger partial charge in [-0.15, -0.1) is 5.10 Å². The fraction of sp³-hybridized carbons (Fsp3) is 0.304. The van der Waals surface area contributed by atoms with Crippen LogP contribution in [0.15, 0.2) is 48.5 Å². The van der Waals surface area contributed by atoms with Crippen LogP contribution in [0.2, 0.25) is 0 Å². The number of hydrogen-bond donors (Lipinski definition) is 1. The maximum absolute atomic E-state index is 13.3. The first-order valence-electron chi connectivity index (χ1n) is 10.6. The minimum atomic E-state index is -0.354. The van der Waals surface area contributed by atoms with E-state index in [1.807, 2.05) is 31.2 Å². The van der Waals surface area contributed by atoms with E-state index in [1.54, 1.807) is 9.42 Å². The van der Waals surface area contributed by atoms with Gasteiger partial charge in [-0.05, 0) is 72.2 Å². The molecule has 0 saturated carbocycles. The number of rotatable bonds is 5. The Balaban J connectivity index is 1.47. The fourth-order valence-corrected chi connectivity index (χ4v) is 4.07. The van der Waals surface area contributed by atoms with E-state index in [4.69, 9.17) is 4.74 Å². The summed E-state index contributed by atoms with van der Waals surface area (Å²) >= 11 is 0. The van der Waals surface area contributed by atoms with Crippen molar-refractivity contribution in [1.29, 1.82) is 0 Å². The van der Waals surface area contributed by atoms with Gasteiger partial charge in [0.15, 0.2) is 5.65 Å². The van der Waals surface area contributed by atoms with Crippen molar-refractivity contribution in [2.45, 2.75) is 32.4 Å². The first-order chi connectivity index (χ1) is 15.6.